The van der Waals surface area contributed by atoms with Gasteiger partial charge in [-0.3, -0.25) is 0 Å². The van der Waals surface area contributed by atoms with Gasteiger partial charge in [-0.25, -0.2) is 4.79 Å². The highest BCUT2D eigenvalue weighted by Crippen LogP contribution is 2.36. The molecule has 0 unspecified atom stereocenters. The van der Waals surface area contributed by atoms with Gasteiger partial charge in [0.25, 0.3) is 0 Å². The van der Waals surface area contributed by atoms with Crippen molar-refractivity contribution in [1.82, 2.24) is 0 Å². The van der Waals surface area contributed by atoms with Gasteiger partial charge < -0.3 is 19.9 Å². The van der Waals surface area contributed by atoms with Crippen molar-refractivity contribution in [2.45, 2.75) is 6.54 Å². The van der Waals surface area contributed by atoms with Gasteiger partial charge in [0.05, 0.1) is 17.7 Å². The van der Waals surface area contributed by atoms with Crippen molar-refractivity contribution < 1.29 is 19.4 Å². The van der Waals surface area contributed by atoms with Crippen LogP contribution < -0.4 is 14.8 Å². The van der Waals surface area contributed by atoms with Crippen molar-refractivity contribution in [2.75, 3.05) is 19.0 Å². The van der Waals surface area contributed by atoms with Crippen molar-refractivity contribution in [1.29, 1.82) is 0 Å². The molecule has 0 saturated heterocycles. The molecule has 0 aliphatic rings. The van der Waals surface area contributed by atoms with E-state index in [9.17, 15) is 4.79 Å². The van der Waals surface area contributed by atoms with Gasteiger partial charge >= 0.3 is 5.97 Å². The molecule has 0 radical (unpaired) electrons. The van der Waals surface area contributed by atoms with Gasteiger partial charge in [0.1, 0.15) is 6.61 Å². The number of benzene rings is 2. The summed E-state index contributed by atoms with van der Waals surface area (Å²) in [5.74, 6) is 0.0308. The van der Waals surface area contributed by atoms with Crippen molar-refractivity contribution >= 4 is 23.3 Å². The predicted molar refractivity (Wildman–Crippen MR) is 94.4 cm³/mol. The molecule has 0 fully saturated rings. The number of aromatic carboxylic acids is 1. The molecule has 0 atom stereocenters. The second-order valence-electron chi connectivity index (χ2n) is 4.95. The van der Waals surface area contributed by atoms with Crippen LogP contribution in [0.15, 0.2) is 49.1 Å². The van der Waals surface area contributed by atoms with E-state index < -0.39 is 5.97 Å². The van der Waals surface area contributed by atoms with Gasteiger partial charge in [-0.05, 0) is 35.9 Å². The van der Waals surface area contributed by atoms with E-state index in [2.05, 4.69) is 11.9 Å². The lowest BCUT2D eigenvalue weighted by Gasteiger charge is -2.14. The fourth-order valence-electron chi connectivity index (χ4n) is 2.12. The topological polar surface area (TPSA) is 67.8 Å². The lowest BCUT2D eigenvalue weighted by Crippen LogP contribution is -2.03. The molecule has 0 saturated carbocycles. The van der Waals surface area contributed by atoms with Crippen molar-refractivity contribution in [3.63, 3.8) is 0 Å². The Balaban J connectivity index is 2.15. The highest BCUT2D eigenvalue weighted by Gasteiger charge is 2.12. The van der Waals surface area contributed by atoms with Gasteiger partial charge in [0.15, 0.2) is 11.5 Å². The van der Waals surface area contributed by atoms with Crippen LogP contribution in [0.25, 0.3) is 0 Å². The van der Waals surface area contributed by atoms with Gasteiger partial charge in [-0.2, -0.15) is 0 Å². The maximum Gasteiger partial charge on any atom is 0.335 e. The second-order valence-corrected chi connectivity index (χ2v) is 5.36. The monoisotopic (exact) mass is 347 g/mol. The molecule has 126 valence electrons. The Hall–Kier alpha value is -2.66. The van der Waals surface area contributed by atoms with E-state index >= 15 is 0 Å². The predicted octanol–water partition coefficient (Wildman–Crippen LogP) is 4.22. The zero-order valence-corrected chi connectivity index (χ0v) is 14.0. The number of rotatable bonds is 8. The molecule has 5 nitrogen and oxygen atoms in total. The van der Waals surface area contributed by atoms with Crippen LogP contribution in [0.4, 0.5) is 5.69 Å². The van der Waals surface area contributed by atoms with Crippen LogP contribution in [0.2, 0.25) is 5.02 Å². The third-order valence-corrected chi connectivity index (χ3v) is 3.52. The minimum absolute atomic E-state index is 0.226. The van der Waals surface area contributed by atoms with E-state index in [-0.39, 0.29) is 5.56 Å². The average molecular weight is 348 g/mol. The molecule has 2 N–H and O–H groups in total. The lowest BCUT2D eigenvalue weighted by molar-refractivity contribution is 0.0697. The third-order valence-electron chi connectivity index (χ3n) is 3.24. The number of hydrogen-bond acceptors (Lipinski definition) is 4. The summed E-state index contributed by atoms with van der Waals surface area (Å²) in [6.45, 7) is 4.39. The Labute approximate surface area is 145 Å². The molecule has 2 rings (SSSR count). The van der Waals surface area contributed by atoms with Gasteiger partial charge in [0.2, 0.25) is 0 Å². The summed E-state index contributed by atoms with van der Waals surface area (Å²) < 4.78 is 10.8. The number of halogens is 1. The molecule has 0 spiro atoms. The molecule has 6 heteroatoms. The molecule has 0 heterocycles. The highest BCUT2D eigenvalue weighted by molar-refractivity contribution is 6.32. The summed E-state index contributed by atoms with van der Waals surface area (Å²) in [5, 5.41) is 12.6. The first-order chi connectivity index (χ1) is 11.5. The molecule has 2 aromatic rings. The minimum atomic E-state index is -0.966. The van der Waals surface area contributed by atoms with Crippen molar-refractivity contribution in [3.05, 3.63) is 65.2 Å². The zero-order valence-electron chi connectivity index (χ0n) is 13.2. The second kappa shape index (κ2) is 8.26. The Kier molecular flexibility index (Phi) is 6.09. The fraction of sp³-hybridized carbons (Fsp3) is 0.167. The SMILES string of the molecule is C=CCOc1c(Cl)cc(CNc2cccc(C(=O)O)c2)cc1OC. The lowest BCUT2D eigenvalue weighted by atomic mass is 10.1. The van der Waals surface area contributed by atoms with E-state index in [0.717, 1.165) is 5.56 Å². The molecule has 0 aliphatic carbocycles. The van der Waals surface area contributed by atoms with Gasteiger partial charge in [0, 0.05) is 12.2 Å². The number of carbonyl (C=O) groups is 1. The van der Waals surface area contributed by atoms with Crippen molar-refractivity contribution in [3.8, 4) is 11.5 Å². The molecular formula is C18H18ClNO4. The van der Waals surface area contributed by atoms with E-state index in [4.69, 9.17) is 26.2 Å². The third kappa shape index (κ3) is 4.43. The fourth-order valence-corrected chi connectivity index (χ4v) is 2.41. The minimum Gasteiger partial charge on any atom is -0.493 e. The first kappa shape index (κ1) is 17.7. The summed E-state index contributed by atoms with van der Waals surface area (Å²) in [7, 11) is 1.54. The number of hydrogen-bond donors (Lipinski definition) is 2. The van der Waals surface area contributed by atoms with Gasteiger partial charge in [-0.1, -0.05) is 30.3 Å². The largest absolute Gasteiger partial charge is 0.493 e. The standard InChI is InChI=1S/C18H18ClNO4/c1-3-7-24-17-15(19)8-12(9-16(17)23-2)11-20-14-6-4-5-13(10-14)18(21)22/h3-6,8-10,20H,1,7,11H2,2H3,(H,21,22). The molecule has 0 aliphatic heterocycles. The first-order valence-corrected chi connectivity index (χ1v) is 7.60. The molecule has 0 bridgehead atoms. The maximum absolute atomic E-state index is 11.0. The number of nitrogens with one attached hydrogen (secondary N) is 1. The molecule has 2 aromatic carbocycles. The summed E-state index contributed by atoms with van der Waals surface area (Å²) in [6, 6.07) is 10.2. The maximum atomic E-state index is 11.0. The Bertz CT molecular complexity index is 746. The highest BCUT2D eigenvalue weighted by atomic mass is 35.5. The molecular weight excluding hydrogens is 330 g/mol. The van der Waals surface area contributed by atoms with Crippen LogP contribution in [0.1, 0.15) is 15.9 Å². The summed E-state index contributed by atoms with van der Waals surface area (Å²) in [6.07, 6.45) is 1.63. The molecule has 0 aromatic heterocycles. The average Bonchev–Trinajstić information content (AvgIpc) is 2.58. The van der Waals surface area contributed by atoms with E-state index in [1.807, 2.05) is 6.07 Å². The summed E-state index contributed by atoms with van der Waals surface area (Å²) in [4.78, 5) is 11.0. The zero-order chi connectivity index (χ0) is 17.5. The molecule has 0 amide bonds. The van der Waals surface area contributed by atoms with Crippen LogP contribution in [-0.2, 0) is 6.54 Å². The number of carboxylic acids is 1. The number of anilines is 1. The summed E-state index contributed by atoms with van der Waals surface area (Å²) in [5.41, 5.74) is 1.81. The van der Waals surface area contributed by atoms with E-state index in [1.54, 1.807) is 43.5 Å². The van der Waals surface area contributed by atoms with Gasteiger partial charge in [-0.15, -0.1) is 0 Å². The number of ether oxygens (including phenoxy) is 2. The summed E-state index contributed by atoms with van der Waals surface area (Å²) >= 11 is 6.25. The quantitative estimate of drug-likeness (QED) is 0.700. The van der Waals surface area contributed by atoms with Crippen LogP contribution in [0.3, 0.4) is 0 Å². The van der Waals surface area contributed by atoms with Crippen LogP contribution in [0.5, 0.6) is 11.5 Å². The molecule has 24 heavy (non-hydrogen) atoms. The smallest absolute Gasteiger partial charge is 0.335 e. The number of methoxy groups -OCH3 is 1. The van der Waals surface area contributed by atoms with Crippen LogP contribution in [-0.4, -0.2) is 24.8 Å². The number of carboxylic acid groups (broad SMARTS) is 1. The van der Waals surface area contributed by atoms with Crippen LogP contribution in [0, 0.1) is 0 Å². The Morgan fingerprint density at radius 3 is 2.83 bits per heavy atom. The van der Waals surface area contributed by atoms with E-state index in [1.165, 1.54) is 0 Å². The van der Waals surface area contributed by atoms with E-state index in [0.29, 0.717) is 35.4 Å². The Morgan fingerprint density at radius 1 is 1.38 bits per heavy atom. The normalized spacial score (nSPS) is 10.1. The van der Waals surface area contributed by atoms with Crippen molar-refractivity contribution in [2.24, 2.45) is 0 Å². The first-order valence-electron chi connectivity index (χ1n) is 7.22. The Morgan fingerprint density at radius 2 is 2.17 bits per heavy atom. The van der Waals surface area contributed by atoms with Crippen LogP contribution >= 0.6 is 11.6 Å².